The van der Waals surface area contributed by atoms with E-state index >= 15 is 0 Å². The van der Waals surface area contributed by atoms with Gasteiger partial charge in [-0.15, -0.1) is 0 Å². The molecule has 5 heteroatoms. The molecule has 1 aliphatic heterocycles. The van der Waals surface area contributed by atoms with Crippen LogP contribution in [0.25, 0.3) is 11.6 Å². The van der Waals surface area contributed by atoms with Crippen molar-refractivity contribution in [2.24, 2.45) is 0 Å². The molecule has 0 saturated carbocycles. The van der Waals surface area contributed by atoms with Crippen molar-refractivity contribution in [3.05, 3.63) is 52.0 Å². The van der Waals surface area contributed by atoms with Gasteiger partial charge in [0, 0.05) is 18.2 Å². The van der Waals surface area contributed by atoms with E-state index in [9.17, 15) is 9.90 Å². The fraction of sp³-hybridized carbons (Fsp3) is 0.118. The van der Waals surface area contributed by atoms with Gasteiger partial charge in [-0.25, -0.2) is 0 Å². The van der Waals surface area contributed by atoms with Crippen molar-refractivity contribution in [2.45, 2.75) is 0 Å². The molecular formula is C17H14BrNO3. The highest BCUT2D eigenvalue weighted by atomic mass is 79.9. The summed E-state index contributed by atoms with van der Waals surface area (Å²) in [6.45, 7) is 0. The Hall–Kier alpha value is -2.27. The van der Waals surface area contributed by atoms with Gasteiger partial charge < -0.3 is 14.7 Å². The first-order chi connectivity index (χ1) is 10.5. The monoisotopic (exact) mass is 359 g/mol. The molecule has 3 rings (SSSR count). The highest BCUT2D eigenvalue weighted by Crippen LogP contribution is 2.39. The molecule has 1 aliphatic rings. The van der Waals surface area contributed by atoms with Crippen LogP contribution in [0.1, 0.15) is 11.1 Å². The van der Waals surface area contributed by atoms with Crippen molar-refractivity contribution in [3.8, 4) is 11.5 Å². The molecule has 112 valence electrons. The fourth-order valence-corrected chi connectivity index (χ4v) is 3.00. The fourth-order valence-electron chi connectivity index (χ4n) is 2.54. The highest BCUT2D eigenvalue weighted by molar-refractivity contribution is 9.10. The summed E-state index contributed by atoms with van der Waals surface area (Å²) >= 11 is 3.29. The van der Waals surface area contributed by atoms with E-state index in [0.29, 0.717) is 15.8 Å². The van der Waals surface area contributed by atoms with Gasteiger partial charge in [-0.3, -0.25) is 4.79 Å². The van der Waals surface area contributed by atoms with E-state index in [1.807, 2.05) is 24.3 Å². The van der Waals surface area contributed by atoms with Crippen LogP contribution < -0.4 is 9.64 Å². The number of carbonyl (C=O) groups excluding carboxylic acids is 1. The van der Waals surface area contributed by atoms with Crippen molar-refractivity contribution in [1.29, 1.82) is 0 Å². The summed E-state index contributed by atoms with van der Waals surface area (Å²) in [5, 5.41) is 9.87. The molecule has 0 atom stereocenters. The zero-order valence-corrected chi connectivity index (χ0v) is 13.7. The number of nitrogens with zero attached hydrogens (tertiary/aromatic N) is 1. The van der Waals surface area contributed by atoms with Crippen LogP contribution in [0.2, 0.25) is 0 Å². The second-order valence-corrected chi connectivity index (χ2v) is 5.85. The summed E-state index contributed by atoms with van der Waals surface area (Å²) in [7, 11) is 3.25. The smallest absolute Gasteiger partial charge is 0.258 e. The van der Waals surface area contributed by atoms with Gasteiger partial charge in [0.15, 0.2) is 11.5 Å². The predicted molar refractivity (Wildman–Crippen MR) is 90.1 cm³/mol. The van der Waals surface area contributed by atoms with Gasteiger partial charge >= 0.3 is 0 Å². The van der Waals surface area contributed by atoms with Gasteiger partial charge in [-0.05, 0) is 45.8 Å². The first-order valence-corrected chi connectivity index (χ1v) is 7.48. The molecule has 1 amide bonds. The third-order valence-corrected chi connectivity index (χ3v) is 4.28. The van der Waals surface area contributed by atoms with E-state index in [0.717, 1.165) is 16.8 Å². The number of fused-ring (bicyclic) bond motifs is 1. The number of phenols is 1. The van der Waals surface area contributed by atoms with Crippen LogP contribution in [0.4, 0.5) is 5.69 Å². The molecule has 0 radical (unpaired) electrons. The second kappa shape index (κ2) is 5.50. The number of hydrogen-bond acceptors (Lipinski definition) is 3. The third kappa shape index (κ3) is 2.27. The van der Waals surface area contributed by atoms with Crippen LogP contribution in [0.15, 0.2) is 40.9 Å². The van der Waals surface area contributed by atoms with Crippen LogP contribution in [0, 0.1) is 0 Å². The van der Waals surface area contributed by atoms with Crippen molar-refractivity contribution in [1.82, 2.24) is 0 Å². The molecule has 0 spiro atoms. The Labute approximate surface area is 136 Å². The van der Waals surface area contributed by atoms with Crippen LogP contribution in [-0.4, -0.2) is 25.2 Å². The van der Waals surface area contributed by atoms with Crippen molar-refractivity contribution < 1.29 is 14.6 Å². The normalized spacial score (nSPS) is 15.3. The largest absolute Gasteiger partial charge is 0.503 e. The third-order valence-electron chi connectivity index (χ3n) is 3.67. The summed E-state index contributed by atoms with van der Waals surface area (Å²) in [4.78, 5) is 14.1. The average Bonchev–Trinajstić information content (AvgIpc) is 2.76. The molecule has 0 bridgehead atoms. The number of ether oxygens (including phenoxy) is 1. The molecule has 0 saturated heterocycles. The topological polar surface area (TPSA) is 49.8 Å². The Balaban J connectivity index is 2.14. The first kappa shape index (κ1) is 14.7. The Bertz CT molecular complexity index is 798. The zero-order chi connectivity index (χ0) is 15.9. The van der Waals surface area contributed by atoms with Gasteiger partial charge in [-0.2, -0.15) is 0 Å². The number of benzene rings is 2. The Morgan fingerprint density at radius 3 is 2.73 bits per heavy atom. The maximum Gasteiger partial charge on any atom is 0.258 e. The summed E-state index contributed by atoms with van der Waals surface area (Å²) in [5.74, 6) is 0.345. The predicted octanol–water partition coefficient (Wildman–Crippen LogP) is 3.68. The lowest BCUT2D eigenvalue weighted by Crippen LogP contribution is -2.20. The number of phenolic OH excluding ortho intramolecular Hbond substituents is 1. The number of hydrogen-bond donors (Lipinski definition) is 1. The molecule has 0 aromatic heterocycles. The number of halogens is 1. The minimum atomic E-state index is -0.0515. The molecular weight excluding hydrogens is 346 g/mol. The van der Waals surface area contributed by atoms with E-state index in [-0.39, 0.29) is 11.7 Å². The number of anilines is 1. The number of carbonyl (C=O) groups is 1. The van der Waals surface area contributed by atoms with Crippen molar-refractivity contribution in [2.75, 3.05) is 19.1 Å². The maximum absolute atomic E-state index is 12.4. The molecule has 2 aromatic carbocycles. The van der Waals surface area contributed by atoms with E-state index < -0.39 is 0 Å². The van der Waals surface area contributed by atoms with Gasteiger partial charge in [0.05, 0.1) is 17.3 Å². The van der Waals surface area contributed by atoms with Crippen LogP contribution in [-0.2, 0) is 4.79 Å². The minimum Gasteiger partial charge on any atom is -0.503 e. The van der Waals surface area contributed by atoms with Gasteiger partial charge in [0.2, 0.25) is 0 Å². The number of aromatic hydroxyl groups is 1. The SMILES string of the molecule is COc1cc(/C=C2/C(=O)N(C)c3ccccc32)cc(Br)c1O. The molecule has 22 heavy (non-hydrogen) atoms. The quantitative estimate of drug-likeness (QED) is 0.832. The van der Waals surface area contributed by atoms with E-state index in [1.54, 1.807) is 30.2 Å². The Kier molecular flexibility index (Phi) is 3.66. The molecule has 4 nitrogen and oxygen atoms in total. The molecule has 1 heterocycles. The highest BCUT2D eigenvalue weighted by Gasteiger charge is 2.29. The van der Waals surface area contributed by atoms with Crippen molar-refractivity contribution in [3.63, 3.8) is 0 Å². The van der Waals surface area contributed by atoms with Gasteiger partial charge in [-0.1, -0.05) is 18.2 Å². The molecule has 2 aromatic rings. The molecule has 0 fully saturated rings. The van der Waals surface area contributed by atoms with Crippen LogP contribution in [0.3, 0.4) is 0 Å². The van der Waals surface area contributed by atoms with Crippen LogP contribution in [0.5, 0.6) is 11.5 Å². The Morgan fingerprint density at radius 1 is 1.27 bits per heavy atom. The first-order valence-electron chi connectivity index (χ1n) is 6.68. The van der Waals surface area contributed by atoms with Crippen molar-refractivity contribution >= 4 is 39.2 Å². The maximum atomic E-state index is 12.4. The summed E-state index contributed by atoms with van der Waals surface area (Å²) in [6, 6.07) is 11.1. The van der Waals surface area contributed by atoms with E-state index in [4.69, 9.17) is 4.74 Å². The van der Waals surface area contributed by atoms with Crippen LogP contribution >= 0.6 is 15.9 Å². The lowest BCUT2D eigenvalue weighted by Gasteiger charge is -2.08. The lowest BCUT2D eigenvalue weighted by atomic mass is 10.0. The molecule has 1 N–H and O–H groups in total. The number of likely N-dealkylation sites (N-methyl/N-ethyl adjacent to an activating group) is 1. The summed E-state index contributed by atoms with van der Waals surface area (Å²) in [6.07, 6.45) is 1.80. The van der Waals surface area contributed by atoms with E-state index in [1.165, 1.54) is 7.11 Å². The number of amides is 1. The zero-order valence-electron chi connectivity index (χ0n) is 12.1. The number of para-hydroxylation sites is 1. The summed E-state index contributed by atoms with van der Waals surface area (Å²) < 4.78 is 5.66. The summed E-state index contributed by atoms with van der Waals surface area (Å²) in [5.41, 5.74) is 3.19. The number of rotatable bonds is 2. The van der Waals surface area contributed by atoms with Gasteiger partial charge in [0.25, 0.3) is 5.91 Å². The van der Waals surface area contributed by atoms with E-state index in [2.05, 4.69) is 15.9 Å². The second-order valence-electron chi connectivity index (χ2n) is 4.99. The van der Waals surface area contributed by atoms with Gasteiger partial charge in [0.1, 0.15) is 0 Å². The standard InChI is InChI=1S/C17H14BrNO3/c1-19-14-6-4-3-5-11(14)12(17(19)21)7-10-8-13(18)16(20)15(9-10)22-2/h3-9,20H,1-2H3/b12-7+. The average molecular weight is 360 g/mol. The minimum absolute atomic E-state index is 0.0416. The molecule has 0 aliphatic carbocycles. The Morgan fingerprint density at radius 2 is 2.00 bits per heavy atom. The molecule has 0 unspecified atom stereocenters. The lowest BCUT2D eigenvalue weighted by molar-refractivity contribution is -0.112. The number of methoxy groups -OCH3 is 1.